The molecule has 0 amide bonds. The van der Waals surface area contributed by atoms with E-state index in [0.29, 0.717) is 12.5 Å². The van der Waals surface area contributed by atoms with Crippen LogP contribution in [0.5, 0.6) is 0 Å². The van der Waals surface area contributed by atoms with Crippen molar-refractivity contribution in [2.75, 3.05) is 13.2 Å². The first-order chi connectivity index (χ1) is 12.7. The molecular formula is C18H17F2NO5S. The molecule has 0 spiro atoms. The highest BCUT2D eigenvalue weighted by Gasteiger charge is 2.18. The largest absolute Gasteiger partial charge is 0.454 e. The Morgan fingerprint density at radius 2 is 1.78 bits per heavy atom. The van der Waals surface area contributed by atoms with Crippen LogP contribution < -0.4 is 4.72 Å². The number of hydrogen-bond acceptors (Lipinski definition) is 5. The van der Waals surface area contributed by atoms with Gasteiger partial charge in [0.25, 0.3) is 0 Å². The average molecular weight is 397 g/mol. The predicted molar refractivity (Wildman–Crippen MR) is 92.9 cm³/mol. The van der Waals surface area contributed by atoms with Crippen molar-refractivity contribution in [1.82, 2.24) is 4.72 Å². The lowest BCUT2D eigenvalue weighted by Crippen LogP contribution is -2.24. The SMILES string of the molecule is CCCNS(=O)(=O)c1cccc(C(=O)OCC(=O)c2ccc(F)c(F)c2)c1. The minimum atomic E-state index is -3.76. The fourth-order valence-corrected chi connectivity index (χ4v) is 3.26. The molecule has 0 aliphatic carbocycles. The first kappa shape index (κ1) is 20.7. The van der Waals surface area contributed by atoms with E-state index in [0.717, 1.165) is 18.2 Å². The van der Waals surface area contributed by atoms with Gasteiger partial charge in [-0.15, -0.1) is 0 Å². The molecule has 0 unspecified atom stereocenters. The zero-order chi connectivity index (χ0) is 20.0. The van der Waals surface area contributed by atoms with Crippen LogP contribution in [0.3, 0.4) is 0 Å². The third-order valence-electron chi connectivity index (χ3n) is 3.50. The zero-order valence-corrected chi connectivity index (χ0v) is 15.2. The highest BCUT2D eigenvalue weighted by molar-refractivity contribution is 7.89. The second-order valence-corrected chi connectivity index (χ2v) is 7.32. The minimum absolute atomic E-state index is 0.0625. The van der Waals surface area contributed by atoms with Crippen molar-refractivity contribution in [3.63, 3.8) is 0 Å². The first-order valence-corrected chi connectivity index (χ1v) is 9.48. The number of benzene rings is 2. The van der Waals surface area contributed by atoms with Gasteiger partial charge in [0.2, 0.25) is 10.0 Å². The second-order valence-electron chi connectivity index (χ2n) is 5.55. The predicted octanol–water partition coefficient (Wildman–Crippen LogP) is 2.69. The smallest absolute Gasteiger partial charge is 0.338 e. The van der Waals surface area contributed by atoms with Gasteiger partial charge in [-0.25, -0.2) is 26.7 Å². The van der Waals surface area contributed by atoms with E-state index in [1.54, 1.807) is 6.92 Å². The summed E-state index contributed by atoms with van der Waals surface area (Å²) < 4.78 is 57.4. The zero-order valence-electron chi connectivity index (χ0n) is 14.4. The summed E-state index contributed by atoms with van der Waals surface area (Å²) in [6.07, 6.45) is 0.604. The maximum atomic E-state index is 13.2. The number of sulfonamides is 1. The number of ketones is 1. The number of hydrogen-bond donors (Lipinski definition) is 1. The van der Waals surface area contributed by atoms with E-state index in [9.17, 15) is 26.8 Å². The normalized spacial score (nSPS) is 11.2. The Balaban J connectivity index is 2.06. The summed E-state index contributed by atoms with van der Waals surface area (Å²) in [7, 11) is -3.76. The molecule has 0 aliphatic rings. The highest BCUT2D eigenvalue weighted by Crippen LogP contribution is 2.13. The third kappa shape index (κ3) is 5.41. The lowest BCUT2D eigenvalue weighted by molar-refractivity contribution is 0.0474. The van der Waals surface area contributed by atoms with Crippen LogP contribution in [0.2, 0.25) is 0 Å². The monoisotopic (exact) mass is 397 g/mol. The van der Waals surface area contributed by atoms with Crippen LogP contribution in [0.1, 0.15) is 34.1 Å². The molecule has 0 heterocycles. The van der Waals surface area contributed by atoms with Crippen molar-refractivity contribution in [3.8, 4) is 0 Å². The molecule has 0 fully saturated rings. The Morgan fingerprint density at radius 1 is 1.04 bits per heavy atom. The van der Waals surface area contributed by atoms with Crippen LogP contribution in [0.25, 0.3) is 0 Å². The van der Waals surface area contributed by atoms with Crippen LogP contribution >= 0.6 is 0 Å². The molecule has 2 aromatic carbocycles. The Bertz CT molecular complexity index is 960. The summed E-state index contributed by atoms with van der Waals surface area (Å²) in [5.74, 6) is -3.93. The maximum absolute atomic E-state index is 13.2. The Hall–Kier alpha value is -2.65. The average Bonchev–Trinajstić information content (AvgIpc) is 2.66. The van der Waals surface area contributed by atoms with E-state index in [2.05, 4.69) is 4.72 Å². The van der Waals surface area contributed by atoms with Crippen LogP contribution in [-0.4, -0.2) is 33.3 Å². The number of rotatable bonds is 8. The Labute approximate surface area is 155 Å². The van der Waals surface area contributed by atoms with Gasteiger partial charge in [0, 0.05) is 12.1 Å². The van der Waals surface area contributed by atoms with Crippen molar-refractivity contribution in [2.24, 2.45) is 0 Å². The third-order valence-corrected chi connectivity index (χ3v) is 4.96. The van der Waals surface area contributed by atoms with Crippen molar-refractivity contribution in [1.29, 1.82) is 0 Å². The van der Waals surface area contributed by atoms with E-state index >= 15 is 0 Å². The van der Waals surface area contributed by atoms with Gasteiger partial charge < -0.3 is 4.74 Å². The molecule has 0 aliphatic heterocycles. The van der Waals surface area contributed by atoms with Gasteiger partial charge in [0.05, 0.1) is 10.5 Å². The number of esters is 1. The molecule has 9 heteroatoms. The van der Waals surface area contributed by atoms with Crippen LogP contribution in [0, 0.1) is 11.6 Å². The summed E-state index contributed by atoms with van der Waals surface area (Å²) in [6, 6.07) is 7.72. The number of Topliss-reactive ketones (excluding diaryl/α,β-unsaturated/α-hetero) is 1. The topological polar surface area (TPSA) is 89.5 Å². The van der Waals surface area contributed by atoms with Crippen molar-refractivity contribution >= 4 is 21.8 Å². The molecule has 0 bridgehead atoms. The van der Waals surface area contributed by atoms with E-state index < -0.39 is 40.0 Å². The number of halogens is 2. The fraction of sp³-hybridized carbons (Fsp3) is 0.222. The molecular weight excluding hydrogens is 380 g/mol. The van der Waals surface area contributed by atoms with Gasteiger partial charge in [-0.3, -0.25) is 4.79 Å². The van der Waals surface area contributed by atoms with Crippen LogP contribution in [-0.2, 0) is 14.8 Å². The Kier molecular flexibility index (Phi) is 6.75. The van der Waals surface area contributed by atoms with E-state index in [-0.39, 0.29) is 22.6 Å². The van der Waals surface area contributed by atoms with Gasteiger partial charge in [0.1, 0.15) is 0 Å². The molecule has 27 heavy (non-hydrogen) atoms. The number of carbonyl (C=O) groups is 2. The minimum Gasteiger partial charge on any atom is -0.454 e. The van der Waals surface area contributed by atoms with Gasteiger partial charge in [-0.05, 0) is 42.8 Å². The number of carbonyl (C=O) groups excluding carboxylic acids is 2. The van der Waals surface area contributed by atoms with E-state index in [1.807, 2.05) is 0 Å². The molecule has 0 saturated heterocycles. The van der Waals surface area contributed by atoms with Crippen LogP contribution in [0.15, 0.2) is 47.4 Å². The lowest BCUT2D eigenvalue weighted by atomic mass is 10.1. The molecule has 144 valence electrons. The molecule has 0 aromatic heterocycles. The molecule has 2 aromatic rings. The van der Waals surface area contributed by atoms with Crippen molar-refractivity contribution in [3.05, 3.63) is 65.2 Å². The summed E-state index contributed by atoms with van der Waals surface area (Å²) >= 11 is 0. The molecule has 2 rings (SSSR count). The summed E-state index contributed by atoms with van der Waals surface area (Å²) in [5, 5.41) is 0. The summed E-state index contributed by atoms with van der Waals surface area (Å²) in [5.41, 5.74) is -0.214. The second kappa shape index (κ2) is 8.83. The van der Waals surface area contributed by atoms with Gasteiger partial charge in [-0.1, -0.05) is 13.0 Å². The molecule has 1 N–H and O–H groups in total. The molecule has 0 radical (unpaired) electrons. The van der Waals surface area contributed by atoms with E-state index in [4.69, 9.17) is 4.74 Å². The number of ether oxygens (including phenoxy) is 1. The Morgan fingerprint density at radius 3 is 2.44 bits per heavy atom. The summed E-state index contributed by atoms with van der Waals surface area (Å²) in [4.78, 5) is 23.9. The lowest BCUT2D eigenvalue weighted by Gasteiger charge is -2.08. The van der Waals surface area contributed by atoms with Gasteiger partial charge in [0.15, 0.2) is 24.0 Å². The highest BCUT2D eigenvalue weighted by atomic mass is 32.2. The number of nitrogens with one attached hydrogen (secondary N) is 1. The quantitative estimate of drug-likeness (QED) is 0.546. The van der Waals surface area contributed by atoms with Gasteiger partial charge in [-0.2, -0.15) is 0 Å². The molecule has 6 nitrogen and oxygen atoms in total. The molecule has 0 atom stereocenters. The maximum Gasteiger partial charge on any atom is 0.338 e. The van der Waals surface area contributed by atoms with Crippen molar-refractivity contribution in [2.45, 2.75) is 18.2 Å². The van der Waals surface area contributed by atoms with Crippen molar-refractivity contribution < 1.29 is 31.5 Å². The molecule has 0 saturated carbocycles. The standard InChI is InChI=1S/C18H17F2NO5S/c1-2-8-21-27(24,25)14-5-3-4-13(9-14)18(23)26-11-17(22)12-6-7-15(19)16(20)10-12/h3-7,9-10,21H,2,8,11H2,1H3. The van der Waals surface area contributed by atoms with Crippen LogP contribution in [0.4, 0.5) is 8.78 Å². The fourth-order valence-electron chi connectivity index (χ4n) is 2.08. The van der Waals surface area contributed by atoms with E-state index in [1.165, 1.54) is 18.2 Å². The first-order valence-electron chi connectivity index (χ1n) is 7.99. The summed E-state index contributed by atoms with van der Waals surface area (Å²) in [6.45, 7) is 1.36. The van der Waals surface area contributed by atoms with Gasteiger partial charge >= 0.3 is 5.97 Å².